The van der Waals surface area contributed by atoms with Gasteiger partial charge in [-0.25, -0.2) is 0 Å². The first-order chi connectivity index (χ1) is 4.47. The maximum absolute atomic E-state index is 2.35. The van der Waals surface area contributed by atoms with Crippen LogP contribution in [0.5, 0.6) is 0 Å². The van der Waals surface area contributed by atoms with Crippen LogP contribution in [-0.2, 0) is 0 Å². The number of rotatable bonds is 0. The Kier molecular flexibility index (Phi) is 1.54. The molecular formula is C8H12S. The van der Waals surface area contributed by atoms with Crippen molar-refractivity contribution < 1.29 is 0 Å². The molecule has 2 unspecified atom stereocenters. The highest BCUT2D eigenvalue weighted by molar-refractivity contribution is 7.99. The van der Waals surface area contributed by atoms with Gasteiger partial charge in [0, 0.05) is 0 Å². The fourth-order valence-corrected chi connectivity index (χ4v) is 3.26. The SMILES string of the molecule is C1=CCC2CSCC2C1. The van der Waals surface area contributed by atoms with Gasteiger partial charge >= 0.3 is 0 Å². The normalized spacial score (nSPS) is 40.9. The topological polar surface area (TPSA) is 0 Å². The summed E-state index contributed by atoms with van der Waals surface area (Å²) in [5, 5.41) is 0. The van der Waals surface area contributed by atoms with E-state index >= 15 is 0 Å². The van der Waals surface area contributed by atoms with Crippen molar-refractivity contribution in [3.8, 4) is 0 Å². The van der Waals surface area contributed by atoms with Crippen molar-refractivity contribution in [1.29, 1.82) is 0 Å². The first-order valence-corrected chi connectivity index (χ1v) is 4.85. The number of hydrogen-bond acceptors (Lipinski definition) is 1. The van der Waals surface area contributed by atoms with Crippen LogP contribution >= 0.6 is 11.8 Å². The van der Waals surface area contributed by atoms with Gasteiger partial charge in [0.15, 0.2) is 0 Å². The average Bonchev–Trinajstić information content (AvgIpc) is 2.33. The largest absolute Gasteiger partial charge is 0.161 e. The molecule has 0 amide bonds. The quantitative estimate of drug-likeness (QED) is 0.465. The lowest BCUT2D eigenvalue weighted by molar-refractivity contribution is 0.411. The molecular weight excluding hydrogens is 128 g/mol. The van der Waals surface area contributed by atoms with E-state index in [2.05, 4.69) is 23.9 Å². The van der Waals surface area contributed by atoms with Crippen LogP contribution in [0, 0.1) is 11.8 Å². The van der Waals surface area contributed by atoms with E-state index in [4.69, 9.17) is 0 Å². The highest BCUT2D eigenvalue weighted by atomic mass is 32.2. The van der Waals surface area contributed by atoms with Crippen LogP contribution in [0.2, 0.25) is 0 Å². The van der Waals surface area contributed by atoms with Gasteiger partial charge in [-0.3, -0.25) is 0 Å². The molecule has 0 nitrogen and oxygen atoms in total. The molecule has 0 aromatic carbocycles. The predicted molar refractivity (Wildman–Crippen MR) is 42.7 cm³/mol. The van der Waals surface area contributed by atoms with Crippen molar-refractivity contribution >= 4 is 11.8 Å². The zero-order valence-corrected chi connectivity index (χ0v) is 6.36. The third kappa shape index (κ3) is 1.03. The van der Waals surface area contributed by atoms with Crippen molar-refractivity contribution in [2.45, 2.75) is 12.8 Å². The number of fused-ring (bicyclic) bond motifs is 1. The van der Waals surface area contributed by atoms with Gasteiger partial charge in [-0.1, -0.05) is 12.2 Å². The number of hydrogen-bond donors (Lipinski definition) is 0. The maximum Gasteiger partial charge on any atom is -0.00330 e. The Hall–Kier alpha value is 0.0900. The second kappa shape index (κ2) is 2.37. The Labute approximate surface area is 60.7 Å². The Morgan fingerprint density at radius 2 is 1.56 bits per heavy atom. The van der Waals surface area contributed by atoms with Gasteiger partial charge in [0.05, 0.1) is 0 Å². The lowest BCUT2D eigenvalue weighted by Gasteiger charge is -2.18. The molecule has 2 atom stereocenters. The van der Waals surface area contributed by atoms with Gasteiger partial charge in [0.1, 0.15) is 0 Å². The molecule has 0 radical (unpaired) electrons. The number of thioether (sulfide) groups is 1. The molecule has 0 aromatic rings. The molecule has 1 heteroatoms. The summed E-state index contributed by atoms with van der Waals surface area (Å²) in [4.78, 5) is 0. The Morgan fingerprint density at radius 3 is 2.11 bits per heavy atom. The van der Waals surface area contributed by atoms with Crippen LogP contribution in [0.1, 0.15) is 12.8 Å². The van der Waals surface area contributed by atoms with Crippen molar-refractivity contribution in [2.75, 3.05) is 11.5 Å². The predicted octanol–water partition coefficient (Wildman–Crippen LogP) is 2.32. The minimum absolute atomic E-state index is 1.04. The molecule has 1 aliphatic heterocycles. The fourth-order valence-electron chi connectivity index (χ4n) is 1.71. The molecule has 1 saturated heterocycles. The summed E-state index contributed by atoms with van der Waals surface area (Å²) >= 11 is 2.14. The summed E-state index contributed by atoms with van der Waals surface area (Å²) in [7, 11) is 0. The monoisotopic (exact) mass is 140 g/mol. The summed E-state index contributed by atoms with van der Waals surface area (Å²) in [5.41, 5.74) is 0. The van der Waals surface area contributed by atoms with Crippen molar-refractivity contribution in [1.82, 2.24) is 0 Å². The lowest BCUT2D eigenvalue weighted by atomic mass is 9.86. The average molecular weight is 140 g/mol. The van der Waals surface area contributed by atoms with Gasteiger partial charge in [-0.2, -0.15) is 11.8 Å². The van der Waals surface area contributed by atoms with Crippen LogP contribution in [0.25, 0.3) is 0 Å². The molecule has 0 aromatic heterocycles. The molecule has 0 spiro atoms. The van der Waals surface area contributed by atoms with Crippen LogP contribution in [-0.4, -0.2) is 11.5 Å². The molecule has 50 valence electrons. The summed E-state index contributed by atoms with van der Waals surface area (Å²) in [6.45, 7) is 0. The van der Waals surface area contributed by atoms with Crippen LogP contribution in [0.3, 0.4) is 0 Å². The van der Waals surface area contributed by atoms with Crippen LogP contribution in [0.4, 0.5) is 0 Å². The van der Waals surface area contributed by atoms with E-state index in [9.17, 15) is 0 Å². The molecule has 0 N–H and O–H groups in total. The summed E-state index contributed by atoms with van der Waals surface area (Å²) in [6.07, 6.45) is 7.43. The second-order valence-corrected chi connectivity index (χ2v) is 4.08. The fraction of sp³-hybridized carbons (Fsp3) is 0.750. The molecule has 0 bridgehead atoms. The smallest absolute Gasteiger partial charge is 0.00330 e. The Balaban J connectivity index is 2.07. The van der Waals surface area contributed by atoms with E-state index in [1.54, 1.807) is 0 Å². The van der Waals surface area contributed by atoms with E-state index in [1.807, 2.05) is 0 Å². The lowest BCUT2D eigenvalue weighted by Crippen LogP contribution is -2.13. The van der Waals surface area contributed by atoms with E-state index < -0.39 is 0 Å². The molecule has 0 saturated carbocycles. The number of allylic oxidation sites excluding steroid dienone is 2. The minimum atomic E-state index is 1.04. The molecule has 1 aliphatic carbocycles. The van der Waals surface area contributed by atoms with E-state index in [1.165, 1.54) is 24.3 Å². The van der Waals surface area contributed by atoms with Crippen molar-refractivity contribution in [2.24, 2.45) is 11.8 Å². The zero-order chi connectivity index (χ0) is 6.10. The molecule has 2 rings (SSSR count). The minimum Gasteiger partial charge on any atom is -0.161 e. The van der Waals surface area contributed by atoms with E-state index in [0.717, 1.165) is 11.8 Å². The van der Waals surface area contributed by atoms with Gasteiger partial charge in [-0.15, -0.1) is 0 Å². The summed E-state index contributed by atoms with van der Waals surface area (Å²) in [6, 6.07) is 0. The van der Waals surface area contributed by atoms with Crippen molar-refractivity contribution in [3.05, 3.63) is 12.2 Å². The Morgan fingerprint density at radius 1 is 1.00 bits per heavy atom. The van der Waals surface area contributed by atoms with Gasteiger partial charge in [0.25, 0.3) is 0 Å². The molecule has 1 fully saturated rings. The first kappa shape index (κ1) is 5.84. The maximum atomic E-state index is 2.35. The Bertz CT molecular complexity index is 115. The van der Waals surface area contributed by atoms with Crippen molar-refractivity contribution in [3.63, 3.8) is 0 Å². The van der Waals surface area contributed by atoms with Gasteiger partial charge in [0.2, 0.25) is 0 Å². The third-order valence-electron chi connectivity index (χ3n) is 2.37. The standard InChI is InChI=1S/C8H12S/c1-2-4-8-6-9-5-7(8)3-1/h1-2,7-8H,3-6H2. The van der Waals surface area contributed by atoms with Crippen LogP contribution in [0.15, 0.2) is 12.2 Å². The van der Waals surface area contributed by atoms with Crippen LogP contribution < -0.4 is 0 Å². The first-order valence-electron chi connectivity index (χ1n) is 3.69. The third-order valence-corrected chi connectivity index (χ3v) is 3.70. The summed E-state index contributed by atoms with van der Waals surface area (Å²) in [5.74, 6) is 4.93. The molecule has 2 aliphatic rings. The second-order valence-electron chi connectivity index (χ2n) is 3.00. The summed E-state index contributed by atoms with van der Waals surface area (Å²) < 4.78 is 0. The molecule has 1 heterocycles. The highest BCUT2D eigenvalue weighted by Gasteiger charge is 2.27. The van der Waals surface area contributed by atoms with E-state index in [-0.39, 0.29) is 0 Å². The van der Waals surface area contributed by atoms with Gasteiger partial charge in [-0.05, 0) is 36.2 Å². The highest BCUT2D eigenvalue weighted by Crippen LogP contribution is 2.37. The zero-order valence-electron chi connectivity index (χ0n) is 5.55. The van der Waals surface area contributed by atoms with Gasteiger partial charge < -0.3 is 0 Å². The van der Waals surface area contributed by atoms with E-state index in [0.29, 0.717) is 0 Å². The molecule has 9 heavy (non-hydrogen) atoms.